The summed E-state index contributed by atoms with van der Waals surface area (Å²) < 4.78 is 5.64. The van der Waals surface area contributed by atoms with E-state index in [2.05, 4.69) is 18.7 Å². The lowest BCUT2D eigenvalue weighted by atomic mass is 9.89. The van der Waals surface area contributed by atoms with Crippen LogP contribution in [0, 0.1) is 5.92 Å². The van der Waals surface area contributed by atoms with Crippen molar-refractivity contribution in [2.45, 2.75) is 5.92 Å². The van der Waals surface area contributed by atoms with E-state index in [1.807, 2.05) is 47.4 Å². The number of nitrogens with two attached hydrogens (primary N) is 1. The second-order valence-corrected chi connectivity index (χ2v) is 6.32. The molecule has 0 saturated carbocycles. The van der Waals surface area contributed by atoms with Crippen LogP contribution in [-0.4, -0.2) is 37.0 Å². The Morgan fingerprint density at radius 2 is 1.88 bits per heavy atom. The number of carbonyl (C=O) groups is 1. The largest absolute Gasteiger partial charge is 0.489 e. The number of ether oxygens (including phenoxy) is 1. The van der Waals surface area contributed by atoms with Crippen molar-refractivity contribution in [3.63, 3.8) is 0 Å². The first kappa shape index (κ1) is 17.2. The molecule has 4 heteroatoms. The number of rotatable bonds is 6. The van der Waals surface area contributed by atoms with E-state index in [0.717, 1.165) is 0 Å². The van der Waals surface area contributed by atoms with E-state index in [1.54, 1.807) is 6.08 Å². The molecule has 0 unspecified atom stereocenters. The lowest BCUT2D eigenvalue weighted by Crippen LogP contribution is -2.30. The lowest BCUT2D eigenvalue weighted by Gasteiger charge is -2.18. The molecule has 1 saturated heterocycles. The van der Waals surface area contributed by atoms with Gasteiger partial charge >= 0.3 is 0 Å². The molecule has 2 atom stereocenters. The number of para-hydroxylation sites is 1. The van der Waals surface area contributed by atoms with Crippen molar-refractivity contribution in [3.8, 4) is 5.75 Å². The summed E-state index contributed by atoms with van der Waals surface area (Å²) in [5.74, 6) is 1.14. The Morgan fingerprint density at radius 1 is 1.16 bits per heavy atom. The van der Waals surface area contributed by atoms with Gasteiger partial charge in [-0.15, -0.1) is 0 Å². The zero-order valence-electron chi connectivity index (χ0n) is 14.3. The zero-order valence-corrected chi connectivity index (χ0v) is 14.3. The summed E-state index contributed by atoms with van der Waals surface area (Å²) in [5.41, 5.74) is 7.82. The predicted molar refractivity (Wildman–Crippen MR) is 99.8 cm³/mol. The molecule has 0 aliphatic carbocycles. The molecule has 2 aromatic rings. The maximum Gasteiger partial charge on any atom is 0.257 e. The van der Waals surface area contributed by atoms with E-state index in [-0.39, 0.29) is 17.7 Å². The van der Waals surface area contributed by atoms with Gasteiger partial charge < -0.3 is 15.4 Å². The highest BCUT2D eigenvalue weighted by Gasteiger charge is 2.36. The van der Waals surface area contributed by atoms with Crippen LogP contribution in [0.2, 0.25) is 0 Å². The highest BCUT2D eigenvalue weighted by molar-refractivity contribution is 5.97. The van der Waals surface area contributed by atoms with E-state index in [0.29, 0.717) is 37.6 Å². The molecule has 1 fully saturated rings. The fraction of sp³-hybridized carbons (Fsp3) is 0.286. The Balaban J connectivity index is 1.81. The fourth-order valence-electron chi connectivity index (χ4n) is 3.44. The summed E-state index contributed by atoms with van der Waals surface area (Å²) in [5, 5.41) is 0. The molecule has 2 N–H and O–H groups in total. The first-order chi connectivity index (χ1) is 12.2. The first-order valence-corrected chi connectivity index (χ1v) is 8.61. The fourth-order valence-corrected chi connectivity index (χ4v) is 3.44. The molecule has 1 heterocycles. The summed E-state index contributed by atoms with van der Waals surface area (Å²) in [7, 11) is 0. The molecule has 0 aromatic heterocycles. The predicted octanol–water partition coefficient (Wildman–Crippen LogP) is 3.07. The van der Waals surface area contributed by atoms with Crippen molar-refractivity contribution in [3.05, 3.63) is 78.4 Å². The van der Waals surface area contributed by atoms with Gasteiger partial charge in [0, 0.05) is 19.0 Å². The SMILES string of the molecule is C=CCOc1ccccc1C(=O)N1C[C@@H](CN)[C@H](c2ccccc2)C1. The highest BCUT2D eigenvalue weighted by Crippen LogP contribution is 2.33. The van der Waals surface area contributed by atoms with Crippen molar-refractivity contribution < 1.29 is 9.53 Å². The molecule has 1 aliphatic heterocycles. The maximum absolute atomic E-state index is 13.0. The Bertz CT molecular complexity index is 730. The van der Waals surface area contributed by atoms with Gasteiger partial charge in [-0.1, -0.05) is 55.1 Å². The van der Waals surface area contributed by atoms with Gasteiger partial charge in [0.2, 0.25) is 0 Å². The highest BCUT2D eigenvalue weighted by atomic mass is 16.5. The topological polar surface area (TPSA) is 55.6 Å². The number of hydrogen-bond acceptors (Lipinski definition) is 3. The van der Waals surface area contributed by atoms with E-state index < -0.39 is 0 Å². The summed E-state index contributed by atoms with van der Waals surface area (Å²) in [6, 6.07) is 17.7. The summed E-state index contributed by atoms with van der Waals surface area (Å²) in [6.45, 7) is 5.96. The van der Waals surface area contributed by atoms with E-state index in [4.69, 9.17) is 10.5 Å². The Morgan fingerprint density at radius 3 is 2.60 bits per heavy atom. The zero-order chi connectivity index (χ0) is 17.6. The van der Waals surface area contributed by atoms with E-state index >= 15 is 0 Å². The van der Waals surface area contributed by atoms with Crippen LogP contribution < -0.4 is 10.5 Å². The maximum atomic E-state index is 13.0. The monoisotopic (exact) mass is 336 g/mol. The van der Waals surface area contributed by atoms with Crippen LogP contribution in [-0.2, 0) is 0 Å². The second-order valence-electron chi connectivity index (χ2n) is 6.32. The molecular weight excluding hydrogens is 312 g/mol. The van der Waals surface area contributed by atoms with Gasteiger partial charge in [-0.2, -0.15) is 0 Å². The van der Waals surface area contributed by atoms with Crippen LogP contribution >= 0.6 is 0 Å². The minimum Gasteiger partial charge on any atom is -0.489 e. The average Bonchev–Trinajstić information content (AvgIpc) is 3.11. The molecule has 1 amide bonds. The third-order valence-electron chi connectivity index (χ3n) is 4.73. The van der Waals surface area contributed by atoms with Gasteiger partial charge in [0.1, 0.15) is 12.4 Å². The molecule has 4 nitrogen and oxygen atoms in total. The number of hydrogen-bond donors (Lipinski definition) is 1. The minimum atomic E-state index is -0.00320. The summed E-state index contributed by atoms with van der Waals surface area (Å²) >= 11 is 0. The Hall–Kier alpha value is -2.59. The smallest absolute Gasteiger partial charge is 0.257 e. The number of amides is 1. The van der Waals surface area contributed by atoms with Crippen molar-refractivity contribution in [2.24, 2.45) is 11.7 Å². The van der Waals surface area contributed by atoms with Gasteiger partial charge in [-0.3, -0.25) is 4.79 Å². The first-order valence-electron chi connectivity index (χ1n) is 8.61. The summed E-state index contributed by atoms with van der Waals surface area (Å²) in [6.07, 6.45) is 1.67. The van der Waals surface area contributed by atoms with Gasteiger partial charge in [0.15, 0.2) is 0 Å². The third-order valence-corrected chi connectivity index (χ3v) is 4.73. The average molecular weight is 336 g/mol. The van der Waals surface area contributed by atoms with E-state index in [1.165, 1.54) is 5.56 Å². The normalized spacial score (nSPS) is 19.6. The quantitative estimate of drug-likeness (QED) is 0.825. The Kier molecular flexibility index (Phi) is 5.51. The van der Waals surface area contributed by atoms with Gasteiger partial charge in [0.25, 0.3) is 5.91 Å². The van der Waals surface area contributed by atoms with Crippen LogP contribution in [0.1, 0.15) is 21.8 Å². The molecule has 2 aromatic carbocycles. The van der Waals surface area contributed by atoms with Crippen molar-refractivity contribution in [1.82, 2.24) is 4.90 Å². The van der Waals surface area contributed by atoms with Gasteiger partial charge in [0.05, 0.1) is 5.56 Å². The van der Waals surface area contributed by atoms with E-state index in [9.17, 15) is 4.79 Å². The second kappa shape index (κ2) is 7.99. The number of likely N-dealkylation sites (tertiary alicyclic amines) is 1. The summed E-state index contributed by atoms with van der Waals surface area (Å²) in [4.78, 5) is 14.9. The van der Waals surface area contributed by atoms with Crippen LogP contribution in [0.4, 0.5) is 0 Å². The van der Waals surface area contributed by atoms with Gasteiger partial charge in [-0.05, 0) is 30.2 Å². The van der Waals surface area contributed by atoms with Crippen molar-refractivity contribution in [1.29, 1.82) is 0 Å². The van der Waals surface area contributed by atoms with Gasteiger partial charge in [-0.25, -0.2) is 0 Å². The van der Waals surface area contributed by atoms with Crippen LogP contribution in [0.15, 0.2) is 67.3 Å². The molecule has 3 rings (SSSR count). The van der Waals surface area contributed by atoms with Crippen molar-refractivity contribution in [2.75, 3.05) is 26.2 Å². The molecule has 1 aliphatic rings. The molecular formula is C21H24N2O2. The molecule has 130 valence electrons. The molecule has 0 radical (unpaired) electrons. The van der Waals surface area contributed by atoms with Crippen LogP contribution in [0.5, 0.6) is 5.75 Å². The number of benzene rings is 2. The Labute approximate surface area is 148 Å². The molecule has 25 heavy (non-hydrogen) atoms. The lowest BCUT2D eigenvalue weighted by molar-refractivity contribution is 0.0782. The molecule has 0 bridgehead atoms. The van der Waals surface area contributed by atoms with Crippen LogP contribution in [0.3, 0.4) is 0 Å². The van der Waals surface area contributed by atoms with Crippen molar-refractivity contribution >= 4 is 5.91 Å². The van der Waals surface area contributed by atoms with Crippen LogP contribution in [0.25, 0.3) is 0 Å². The molecule has 0 spiro atoms. The number of carbonyl (C=O) groups excluding carboxylic acids is 1. The number of nitrogens with zero attached hydrogens (tertiary/aromatic N) is 1. The minimum absolute atomic E-state index is 0.00320. The third kappa shape index (κ3) is 3.74. The standard InChI is InChI=1S/C21H24N2O2/c1-2-12-25-20-11-7-6-10-18(20)21(24)23-14-17(13-22)19(15-23)16-8-4-3-5-9-16/h2-11,17,19H,1,12-15,22H2/t17-,19+/m1/s1.